The van der Waals surface area contributed by atoms with Crippen molar-refractivity contribution in [2.45, 2.75) is 58.7 Å². The Bertz CT molecular complexity index is 403. The molecule has 19 heavy (non-hydrogen) atoms. The maximum absolute atomic E-state index is 10.2. The van der Waals surface area contributed by atoms with Crippen molar-refractivity contribution in [2.75, 3.05) is 13.1 Å². The van der Waals surface area contributed by atoms with Gasteiger partial charge in [-0.25, -0.2) is 0 Å². The van der Waals surface area contributed by atoms with Crippen LogP contribution in [0.3, 0.4) is 0 Å². The highest BCUT2D eigenvalue weighted by molar-refractivity contribution is 5.04. The molecule has 108 valence electrons. The van der Waals surface area contributed by atoms with Crippen molar-refractivity contribution in [3.8, 4) is 0 Å². The lowest BCUT2D eigenvalue weighted by molar-refractivity contribution is -0.131. The molecule has 0 aromatic carbocycles. The molecule has 0 spiro atoms. The predicted molar refractivity (Wildman–Crippen MR) is 76.9 cm³/mol. The number of likely N-dealkylation sites (tertiary alicyclic amines) is 1. The third kappa shape index (κ3) is 3.00. The number of aliphatic hydroxyl groups is 1. The second-order valence-corrected chi connectivity index (χ2v) is 6.16. The molecule has 0 unspecified atom stereocenters. The quantitative estimate of drug-likeness (QED) is 0.859. The van der Waals surface area contributed by atoms with Gasteiger partial charge in [-0.2, -0.15) is 5.10 Å². The first-order valence-electron chi connectivity index (χ1n) is 7.47. The van der Waals surface area contributed by atoms with E-state index in [2.05, 4.69) is 54.6 Å². The van der Waals surface area contributed by atoms with Crippen molar-refractivity contribution in [2.24, 2.45) is 5.92 Å². The fourth-order valence-corrected chi connectivity index (χ4v) is 2.76. The molecular formula is C15H27N3O. The minimum Gasteiger partial charge on any atom is -0.387 e. The van der Waals surface area contributed by atoms with Crippen LogP contribution in [0.15, 0.2) is 12.3 Å². The SMILES string of the molecule is CCC(CC)n1ccc(CN2CC(O)(C(C)C)C2)n1. The van der Waals surface area contributed by atoms with Gasteiger partial charge in [-0.1, -0.05) is 27.7 Å². The van der Waals surface area contributed by atoms with Gasteiger partial charge in [-0.15, -0.1) is 0 Å². The Kier molecular flexibility index (Phi) is 4.31. The number of β-amino-alcohol motifs (C(OH)–C–C–N with tert-alkyl or cyclic N) is 1. The van der Waals surface area contributed by atoms with Crippen LogP contribution in [0.1, 0.15) is 52.3 Å². The highest BCUT2D eigenvalue weighted by atomic mass is 16.3. The maximum Gasteiger partial charge on any atom is 0.0923 e. The molecule has 1 saturated heterocycles. The van der Waals surface area contributed by atoms with E-state index in [0.717, 1.165) is 38.2 Å². The summed E-state index contributed by atoms with van der Waals surface area (Å²) < 4.78 is 2.09. The number of rotatable bonds is 6. The Morgan fingerprint density at radius 3 is 2.47 bits per heavy atom. The average Bonchev–Trinajstić information content (AvgIpc) is 2.77. The van der Waals surface area contributed by atoms with E-state index >= 15 is 0 Å². The van der Waals surface area contributed by atoms with E-state index in [1.165, 1.54) is 0 Å². The van der Waals surface area contributed by atoms with Gasteiger partial charge in [0, 0.05) is 25.8 Å². The molecule has 0 aliphatic carbocycles. The number of hydrogen-bond donors (Lipinski definition) is 1. The number of aromatic nitrogens is 2. The average molecular weight is 265 g/mol. The van der Waals surface area contributed by atoms with E-state index in [1.807, 2.05) is 0 Å². The van der Waals surface area contributed by atoms with E-state index in [4.69, 9.17) is 0 Å². The molecule has 2 heterocycles. The van der Waals surface area contributed by atoms with Crippen LogP contribution < -0.4 is 0 Å². The maximum atomic E-state index is 10.2. The molecule has 0 bridgehead atoms. The lowest BCUT2D eigenvalue weighted by Crippen LogP contribution is -2.63. The van der Waals surface area contributed by atoms with E-state index < -0.39 is 5.60 Å². The molecule has 1 aromatic rings. The zero-order chi connectivity index (χ0) is 14.0. The van der Waals surface area contributed by atoms with Crippen LogP contribution in [0, 0.1) is 5.92 Å². The minimum atomic E-state index is -0.488. The molecule has 2 rings (SSSR count). The van der Waals surface area contributed by atoms with Crippen molar-refractivity contribution >= 4 is 0 Å². The van der Waals surface area contributed by atoms with E-state index in [9.17, 15) is 5.11 Å². The van der Waals surface area contributed by atoms with Gasteiger partial charge in [0.2, 0.25) is 0 Å². The Balaban J connectivity index is 1.89. The van der Waals surface area contributed by atoms with Crippen LogP contribution in [0.5, 0.6) is 0 Å². The van der Waals surface area contributed by atoms with Crippen molar-refractivity contribution < 1.29 is 5.11 Å². The van der Waals surface area contributed by atoms with Gasteiger partial charge in [0.25, 0.3) is 0 Å². The highest BCUT2D eigenvalue weighted by Crippen LogP contribution is 2.29. The Morgan fingerprint density at radius 2 is 1.95 bits per heavy atom. The summed E-state index contributed by atoms with van der Waals surface area (Å²) in [7, 11) is 0. The van der Waals surface area contributed by atoms with Gasteiger partial charge in [0.15, 0.2) is 0 Å². The molecule has 0 amide bonds. The van der Waals surface area contributed by atoms with Gasteiger partial charge in [0.05, 0.1) is 17.3 Å². The fraction of sp³-hybridized carbons (Fsp3) is 0.800. The molecule has 1 fully saturated rings. The highest BCUT2D eigenvalue weighted by Gasteiger charge is 2.43. The summed E-state index contributed by atoms with van der Waals surface area (Å²) in [5.74, 6) is 0.325. The van der Waals surface area contributed by atoms with Crippen LogP contribution in [0.4, 0.5) is 0 Å². The third-order valence-electron chi connectivity index (χ3n) is 4.44. The summed E-state index contributed by atoms with van der Waals surface area (Å²) in [4.78, 5) is 2.26. The summed E-state index contributed by atoms with van der Waals surface area (Å²) >= 11 is 0. The molecule has 0 atom stereocenters. The van der Waals surface area contributed by atoms with E-state index in [-0.39, 0.29) is 0 Å². The van der Waals surface area contributed by atoms with Crippen LogP contribution in [-0.4, -0.2) is 38.5 Å². The molecule has 1 N–H and O–H groups in total. The van der Waals surface area contributed by atoms with Crippen molar-refractivity contribution in [1.29, 1.82) is 0 Å². The standard InChI is InChI=1S/C15H27N3O/c1-5-14(6-2)18-8-7-13(16-18)9-17-10-15(19,11-17)12(3)4/h7-8,12,14,19H,5-6,9-11H2,1-4H3. The summed E-state index contributed by atoms with van der Waals surface area (Å²) in [6, 6.07) is 2.61. The normalized spacial score (nSPS) is 19.1. The molecule has 1 aliphatic rings. The lowest BCUT2D eigenvalue weighted by Gasteiger charge is -2.48. The van der Waals surface area contributed by atoms with Gasteiger partial charge in [0.1, 0.15) is 0 Å². The monoisotopic (exact) mass is 265 g/mol. The Hall–Kier alpha value is -0.870. The molecule has 4 nitrogen and oxygen atoms in total. The number of hydrogen-bond acceptors (Lipinski definition) is 3. The second kappa shape index (κ2) is 5.63. The van der Waals surface area contributed by atoms with Gasteiger partial charge in [-0.05, 0) is 24.8 Å². The van der Waals surface area contributed by atoms with Gasteiger partial charge in [-0.3, -0.25) is 9.58 Å². The third-order valence-corrected chi connectivity index (χ3v) is 4.44. The first-order chi connectivity index (χ1) is 8.98. The minimum absolute atomic E-state index is 0.325. The van der Waals surface area contributed by atoms with E-state index in [0.29, 0.717) is 12.0 Å². The van der Waals surface area contributed by atoms with Crippen LogP contribution in [-0.2, 0) is 6.54 Å². The molecule has 1 aromatic heterocycles. The fourth-order valence-electron chi connectivity index (χ4n) is 2.76. The summed E-state index contributed by atoms with van der Waals surface area (Å²) in [6.07, 6.45) is 4.32. The van der Waals surface area contributed by atoms with Gasteiger partial charge < -0.3 is 5.11 Å². The number of nitrogens with zero attached hydrogens (tertiary/aromatic N) is 3. The van der Waals surface area contributed by atoms with Crippen LogP contribution in [0.25, 0.3) is 0 Å². The van der Waals surface area contributed by atoms with Gasteiger partial charge >= 0.3 is 0 Å². The van der Waals surface area contributed by atoms with E-state index in [1.54, 1.807) is 0 Å². The van der Waals surface area contributed by atoms with Crippen LogP contribution >= 0.6 is 0 Å². The first-order valence-corrected chi connectivity index (χ1v) is 7.47. The van der Waals surface area contributed by atoms with Crippen molar-refractivity contribution in [3.63, 3.8) is 0 Å². The first kappa shape index (κ1) is 14.5. The van der Waals surface area contributed by atoms with Crippen LogP contribution in [0.2, 0.25) is 0 Å². The Labute approximate surface area is 116 Å². The molecular weight excluding hydrogens is 238 g/mol. The molecule has 1 aliphatic heterocycles. The summed E-state index contributed by atoms with van der Waals surface area (Å²) in [5, 5.41) is 14.9. The Morgan fingerprint density at radius 1 is 1.32 bits per heavy atom. The second-order valence-electron chi connectivity index (χ2n) is 6.16. The van der Waals surface area contributed by atoms with Crippen molar-refractivity contribution in [1.82, 2.24) is 14.7 Å². The predicted octanol–water partition coefficient (Wildman–Crippen LogP) is 2.45. The zero-order valence-corrected chi connectivity index (χ0v) is 12.6. The molecule has 4 heteroatoms. The topological polar surface area (TPSA) is 41.3 Å². The largest absolute Gasteiger partial charge is 0.387 e. The zero-order valence-electron chi connectivity index (χ0n) is 12.6. The summed E-state index contributed by atoms with van der Waals surface area (Å²) in [6.45, 7) is 11.0. The summed E-state index contributed by atoms with van der Waals surface area (Å²) in [5.41, 5.74) is 0.621. The smallest absolute Gasteiger partial charge is 0.0923 e. The lowest BCUT2D eigenvalue weighted by atomic mass is 9.83. The van der Waals surface area contributed by atoms with Crippen molar-refractivity contribution in [3.05, 3.63) is 18.0 Å². The molecule has 0 radical (unpaired) electrons. The molecule has 0 saturated carbocycles.